The molecule has 0 fully saturated rings. The molecule has 25 heavy (non-hydrogen) atoms. The van der Waals surface area contributed by atoms with Crippen LogP contribution in [0, 0.1) is 0 Å². The molecule has 1 aromatic heterocycles. The predicted octanol–water partition coefficient (Wildman–Crippen LogP) is 4.93. The van der Waals surface area contributed by atoms with Gasteiger partial charge in [0, 0.05) is 16.5 Å². The molecule has 3 aromatic rings. The Morgan fingerprint density at radius 1 is 0.960 bits per heavy atom. The van der Waals surface area contributed by atoms with Gasteiger partial charge in [0.25, 0.3) is 0 Å². The maximum atomic E-state index is 12.2. The molecule has 0 amide bonds. The number of rotatable bonds is 8. The molecule has 4 nitrogen and oxygen atoms in total. The lowest BCUT2D eigenvalue weighted by Crippen LogP contribution is -2.08. The first-order valence-electron chi connectivity index (χ1n) is 8.29. The van der Waals surface area contributed by atoms with Crippen molar-refractivity contribution < 1.29 is 19.0 Å². The summed E-state index contributed by atoms with van der Waals surface area (Å²) in [6.45, 7) is 3.17. The number of ether oxygens (including phenoxy) is 3. The van der Waals surface area contributed by atoms with Gasteiger partial charge in [0.15, 0.2) is 10.6 Å². The van der Waals surface area contributed by atoms with Gasteiger partial charge in [0.05, 0.1) is 19.8 Å². The van der Waals surface area contributed by atoms with E-state index >= 15 is 0 Å². The van der Waals surface area contributed by atoms with E-state index in [0.29, 0.717) is 30.4 Å². The minimum atomic E-state index is -0.334. The summed E-state index contributed by atoms with van der Waals surface area (Å²) in [5.74, 6) is 1.12. The van der Waals surface area contributed by atoms with Crippen LogP contribution >= 0.6 is 11.3 Å². The van der Waals surface area contributed by atoms with Crippen LogP contribution in [0.4, 0.5) is 0 Å². The van der Waals surface area contributed by atoms with E-state index in [9.17, 15) is 4.79 Å². The number of fused-ring (bicyclic) bond motifs is 1. The second-order valence-electron chi connectivity index (χ2n) is 5.34. The Morgan fingerprint density at radius 2 is 1.68 bits per heavy atom. The van der Waals surface area contributed by atoms with Crippen molar-refractivity contribution >= 4 is 27.4 Å². The molecule has 130 valence electrons. The van der Waals surface area contributed by atoms with Crippen molar-refractivity contribution in [3.8, 4) is 11.5 Å². The van der Waals surface area contributed by atoms with Gasteiger partial charge in [0.1, 0.15) is 5.75 Å². The fourth-order valence-corrected chi connectivity index (χ4v) is 3.48. The first-order chi connectivity index (χ1) is 12.3. The fraction of sp³-hybridized carbons (Fsp3) is 0.250. The second kappa shape index (κ2) is 8.53. The largest absolute Gasteiger partial charge is 0.493 e. The summed E-state index contributed by atoms with van der Waals surface area (Å²) in [6, 6.07) is 17.5. The standard InChI is InChI=1S/C20H20O4S/c1-2-22-20(21)19-18(16-11-6-7-12-17(16)25-19)24-14-8-13-23-15-9-4-3-5-10-15/h3-7,9-12H,2,8,13-14H2,1H3. The third-order valence-electron chi connectivity index (χ3n) is 3.56. The van der Waals surface area contributed by atoms with E-state index in [1.165, 1.54) is 11.3 Å². The van der Waals surface area contributed by atoms with Gasteiger partial charge in [0.2, 0.25) is 0 Å². The summed E-state index contributed by atoms with van der Waals surface area (Å²) in [5, 5.41) is 0.944. The van der Waals surface area contributed by atoms with E-state index in [1.807, 2.05) is 54.6 Å². The van der Waals surface area contributed by atoms with Gasteiger partial charge in [-0.3, -0.25) is 0 Å². The lowest BCUT2D eigenvalue weighted by Gasteiger charge is -2.09. The Balaban J connectivity index is 1.63. The van der Waals surface area contributed by atoms with Gasteiger partial charge < -0.3 is 14.2 Å². The molecule has 3 rings (SSSR count). The van der Waals surface area contributed by atoms with Gasteiger partial charge in [-0.05, 0) is 31.2 Å². The van der Waals surface area contributed by atoms with E-state index in [-0.39, 0.29) is 5.97 Å². The predicted molar refractivity (Wildman–Crippen MR) is 99.8 cm³/mol. The van der Waals surface area contributed by atoms with Crippen LogP contribution in [0.25, 0.3) is 10.1 Å². The fourth-order valence-electron chi connectivity index (χ4n) is 2.44. The molecule has 5 heteroatoms. The Kier molecular flexibility index (Phi) is 5.90. The average molecular weight is 356 g/mol. The monoisotopic (exact) mass is 356 g/mol. The third kappa shape index (κ3) is 4.31. The number of para-hydroxylation sites is 1. The van der Waals surface area contributed by atoms with Crippen molar-refractivity contribution in [3.05, 3.63) is 59.5 Å². The second-order valence-corrected chi connectivity index (χ2v) is 6.39. The average Bonchev–Trinajstić information content (AvgIpc) is 3.01. The molecule has 0 unspecified atom stereocenters. The SMILES string of the molecule is CCOC(=O)c1sc2ccccc2c1OCCCOc1ccccc1. The van der Waals surface area contributed by atoms with E-state index in [4.69, 9.17) is 14.2 Å². The van der Waals surface area contributed by atoms with Crippen molar-refractivity contribution in [2.24, 2.45) is 0 Å². The van der Waals surface area contributed by atoms with Crippen molar-refractivity contribution in [1.29, 1.82) is 0 Å². The van der Waals surface area contributed by atoms with Gasteiger partial charge >= 0.3 is 5.97 Å². The Labute approximate surface area is 151 Å². The molecule has 0 bridgehead atoms. The number of benzene rings is 2. The van der Waals surface area contributed by atoms with Crippen molar-refractivity contribution in [3.63, 3.8) is 0 Å². The lowest BCUT2D eigenvalue weighted by molar-refractivity contribution is 0.0528. The van der Waals surface area contributed by atoms with Gasteiger partial charge in [-0.2, -0.15) is 0 Å². The normalized spacial score (nSPS) is 10.6. The van der Waals surface area contributed by atoms with Crippen LogP contribution in [0.5, 0.6) is 11.5 Å². The number of carbonyl (C=O) groups excluding carboxylic acids is 1. The van der Waals surface area contributed by atoms with Crippen LogP contribution in [0.2, 0.25) is 0 Å². The molecule has 0 saturated carbocycles. The molecule has 0 atom stereocenters. The quantitative estimate of drug-likeness (QED) is 0.424. The summed E-state index contributed by atoms with van der Waals surface area (Å²) in [7, 11) is 0. The number of hydrogen-bond acceptors (Lipinski definition) is 5. The first-order valence-corrected chi connectivity index (χ1v) is 9.10. The molecule has 0 radical (unpaired) electrons. The van der Waals surface area contributed by atoms with Crippen molar-refractivity contribution in [2.45, 2.75) is 13.3 Å². The number of thiophene rings is 1. The van der Waals surface area contributed by atoms with Crippen LogP contribution in [0.15, 0.2) is 54.6 Å². The van der Waals surface area contributed by atoms with Gasteiger partial charge in [-0.1, -0.05) is 30.3 Å². The highest BCUT2D eigenvalue weighted by atomic mass is 32.1. The Hall–Kier alpha value is -2.53. The minimum absolute atomic E-state index is 0.334. The van der Waals surface area contributed by atoms with Gasteiger partial charge in [-0.25, -0.2) is 4.79 Å². The molecule has 1 heterocycles. The van der Waals surface area contributed by atoms with Crippen LogP contribution in [-0.2, 0) is 4.74 Å². The first kappa shape index (κ1) is 17.3. The maximum absolute atomic E-state index is 12.2. The van der Waals surface area contributed by atoms with E-state index in [2.05, 4.69) is 0 Å². The number of esters is 1. The molecule has 2 aromatic carbocycles. The van der Waals surface area contributed by atoms with Crippen LogP contribution in [0.1, 0.15) is 23.0 Å². The summed E-state index contributed by atoms with van der Waals surface area (Å²) in [5.41, 5.74) is 0. The summed E-state index contributed by atoms with van der Waals surface area (Å²) in [4.78, 5) is 12.7. The highest BCUT2D eigenvalue weighted by molar-refractivity contribution is 7.21. The van der Waals surface area contributed by atoms with Crippen LogP contribution in [-0.4, -0.2) is 25.8 Å². The lowest BCUT2D eigenvalue weighted by atomic mass is 10.2. The number of carbonyl (C=O) groups is 1. The smallest absolute Gasteiger partial charge is 0.352 e. The van der Waals surface area contributed by atoms with E-state index < -0.39 is 0 Å². The maximum Gasteiger partial charge on any atom is 0.352 e. The van der Waals surface area contributed by atoms with E-state index in [0.717, 1.165) is 22.3 Å². The van der Waals surface area contributed by atoms with Crippen molar-refractivity contribution in [1.82, 2.24) is 0 Å². The summed E-state index contributed by atoms with van der Waals surface area (Å²) < 4.78 is 17.8. The summed E-state index contributed by atoms with van der Waals surface area (Å²) in [6.07, 6.45) is 0.724. The molecule has 0 spiro atoms. The van der Waals surface area contributed by atoms with Gasteiger partial charge in [-0.15, -0.1) is 11.3 Å². The summed E-state index contributed by atoms with van der Waals surface area (Å²) >= 11 is 1.40. The van der Waals surface area contributed by atoms with Crippen molar-refractivity contribution in [2.75, 3.05) is 19.8 Å². The van der Waals surface area contributed by atoms with Crippen LogP contribution < -0.4 is 9.47 Å². The Morgan fingerprint density at radius 3 is 2.48 bits per heavy atom. The topological polar surface area (TPSA) is 44.8 Å². The molecule has 0 aliphatic rings. The zero-order valence-electron chi connectivity index (χ0n) is 14.1. The molecule has 0 N–H and O–H groups in total. The molecular weight excluding hydrogens is 336 g/mol. The van der Waals surface area contributed by atoms with E-state index in [1.54, 1.807) is 6.92 Å². The highest BCUT2D eigenvalue weighted by Crippen LogP contribution is 2.38. The molecule has 0 aliphatic heterocycles. The molecular formula is C20H20O4S. The minimum Gasteiger partial charge on any atom is -0.493 e. The molecule has 0 aliphatic carbocycles. The van der Waals surface area contributed by atoms with Crippen LogP contribution in [0.3, 0.4) is 0 Å². The third-order valence-corrected chi connectivity index (χ3v) is 4.69. The highest BCUT2D eigenvalue weighted by Gasteiger charge is 2.20. The number of hydrogen-bond donors (Lipinski definition) is 0. The molecule has 0 saturated heterocycles. The Bertz CT molecular complexity index is 826. The zero-order chi connectivity index (χ0) is 17.5. The zero-order valence-corrected chi connectivity index (χ0v) is 14.9.